The number of hydrogen-bond acceptors (Lipinski definition) is 2. The van der Waals surface area contributed by atoms with Crippen molar-refractivity contribution in [2.45, 2.75) is 116 Å². The van der Waals surface area contributed by atoms with Crippen LogP contribution in [0.4, 0.5) is 0 Å². The molecule has 2 nitrogen and oxygen atoms in total. The number of ether oxygens (including phenoxy) is 1. The monoisotopic (exact) mass is 520 g/mol. The smallest absolute Gasteiger partial charge is 0.853 e. The summed E-state index contributed by atoms with van der Waals surface area (Å²) in [4.78, 5) is 0. The fourth-order valence-corrected chi connectivity index (χ4v) is 6.51. The predicted octanol–water partition coefficient (Wildman–Crippen LogP) is 4.33. The average Bonchev–Trinajstić information content (AvgIpc) is 2.49. The average molecular weight is 522 g/mol. The van der Waals surface area contributed by atoms with Gasteiger partial charge >= 0.3 is 51.4 Å². The number of alkyl halides is 1. The summed E-state index contributed by atoms with van der Waals surface area (Å²) in [5.74, 6) is 0. The second kappa shape index (κ2) is 17.0. The Hall–Kier alpha value is 2.47. The molecule has 0 saturated heterocycles. The van der Waals surface area contributed by atoms with Crippen molar-refractivity contribution in [2.75, 3.05) is 25.2 Å². The molecule has 0 radical (unpaired) electrons. The second-order valence-corrected chi connectivity index (χ2v) is 23.5. The minimum absolute atomic E-state index is 0. The molecule has 0 aromatic heterocycles. The molecular formula is C22H50BrKO2Si2. The first-order chi connectivity index (χ1) is 12.1. The third-order valence-electron chi connectivity index (χ3n) is 6.81. The largest absolute Gasteiger partial charge is 1.00 e. The summed E-state index contributed by atoms with van der Waals surface area (Å²) in [5.41, 5.74) is 0. The first-order valence-electron chi connectivity index (χ1n) is 10.8. The zero-order chi connectivity index (χ0) is 21.8. The molecule has 0 unspecified atom stereocenters. The maximum atomic E-state index is 10.1. The Morgan fingerprint density at radius 2 is 1.11 bits per heavy atom. The molecule has 0 bridgehead atoms. The Morgan fingerprint density at radius 1 is 0.714 bits per heavy atom. The van der Waals surface area contributed by atoms with Crippen LogP contribution in [-0.2, 0) is 4.74 Å². The van der Waals surface area contributed by atoms with E-state index in [1.54, 1.807) is 0 Å². The molecular weight excluding hydrogens is 471 g/mol. The van der Waals surface area contributed by atoms with E-state index in [1.807, 2.05) is 0 Å². The molecule has 0 fully saturated rings. The Morgan fingerprint density at radius 3 is 1.43 bits per heavy atom. The van der Waals surface area contributed by atoms with Crippen molar-refractivity contribution in [3.63, 3.8) is 0 Å². The van der Waals surface area contributed by atoms with Gasteiger partial charge in [-0.15, -0.1) is 6.61 Å². The molecule has 0 atom stereocenters. The van der Waals surface area contributed by atoms with Gasteiger partial charge in [0.15, 0.2) is 0 Å². The van der Waals surface area contributed by atoms with Crippen molar-refractivity contribution in [2.24, 2.45) is 0 Å². The summed E-state index contributed by atoms with van der Waals surface area (Å²) in [6.45, 7) is 25.2. The van der Waals surface area contributed by atoms with Gasteiger partial charge in [0.25, 0.3) is 0 Å². The van der Waals surface area contributed by atoms with Crippen LogP contribution in [0.5, 0.6) is 0 Å². The van der Waals surface area contributed by atoms with Gasteiger partial charge < -0.3 is 9.84 Å². The van der Waals surface area contributed by atoms with E-state index in [4.69, 9.17) is 4.74 Å². The Balaban J connectivity index is -0.000000441. The van der Waals surface area contributed by atoms with Crippen LogP contribution in [0.15, 0.2) is 0 Å². The van der Waals surface area contributed by atoms with Crippen molar-refractivity contribution in [1.29, 1.82) is 0 Å². The molecule has 0 aliphatic rings. The fourth-order valence-electron chi connectivity index (χ4n) is 2.34. The van der Waals surface area contributed by atoms with Crippen molar-refractivity contribution >= 4 is 32.1 Å². The van der Waals surface area contributed by atoms with Gasteiger partial charge in [0.1, 0.15) is 0 Å². The van der Waals surface area contributed by atoms with Gasteiger partial charge in [0.05, 0.1) is 16.1 Å². The topological polar surface area (TPSA) is 32.3 Å². The molecule has 0 amide bonds. The van der Waals surface area contributed by atoms with Gasteiger partial charge in [-0.2, -0.15) is 0 Å². The number of rotatable bonds is 11. The number of halogens is 1. The molecule has 0 aromatic rings. The third-order valence-corrected chi connectivity index (χ3v) is 18.7. The van der Waals surface area contributed by atoms with Crippen LogP contribution in [0.2, 0.25) is 48.4 Å². The molecule has 0 aliphatic heterocycles. The van der Waals surface area contributed by atoms with Gasteiger partial charge in [0.2, 0.25) is 0 Å². The summed E-state index contributed by atoms with van der Waals surface area (Å²) in [7, 11) is -2.05. The quantitative estimate of drug-likeness (QED) is 0.230. The second-order valence-electron chi connectivity index (χ2n) is 11.2. The molecule has 28 heavy (non-hydrogen) atoms. The van der Waals surface area contributed by atoms with E-state index in [1.165, 1.54) is 36.7 Å². The number of unbranched alkanes of at least 4 members (excludes halogenated alkanes) is 2. The fraction of sp³-hybridized carbons (Fsp3) is 1.00. The van der Waals surface area contributed by atoms with Crippen LogP contribution in [0.3, 0.4) is 0 Å². The zero-order valence-corrected chi connectivity index (χ0v) is 28.0. The molecule has 166 valence electrons. The maximum Gasteiger partial charge on any atom is 1.00 e. The van der Waals surface area contributed by atoms with E-state index in [-0.39, 0.29) is 58.0 Å². The summed E-state index contributed by atoms with van der Waals surface area (Å²) in [6, 6.07) is 2.83. The summed E-state index contributed by atoms with van der Waals surface area (Å²) in [5, 5.41) is 12.4. The summed E-state index contributed by atoms with van der Waals surface area (Å²) < 4.78 is 5.19. The van der Waals surface area contributed by atoms with Gasteiger partial charge in [-0.25, -0.2) is 0 Å². The minimum atomic E-state index is -1.09. The molecule has 0 spiro atoms. The van der Waals surface area contributed by atoms with Gasteiger partial charge in [-0.1, -0.05) is 109 Å². The molecule has 0 N–H and O–H groups in total. The van der Waals surface area contributed by atoms with Crippen LogP contribution in [-0.4, -0.2) is 41.3 Å². The Bertz CT molecular complexity index is 365. The predicted molar refractivity (Wildman–Crippen MR) is 132 cm³/mol. The molecule has 0 heterocycles. The van der Waals surface area contributed by atoms with Crippen LogP contribution in [0.25, 0.3) is 0 Å². The zero-order valence-electron chi connectivity index (χ0n) is 21.3. The first-order valence-corrected chi connectivity index (χ1v) is 18.4. The van der Waals surface area contributed by atoms with Crippen LogP contribution in [0.1, 0.15) is 67.2 Å². The summed E-state index contributed by atoms with van der Waals surface area (Å²) >= 11 is 3.48. The van der Waals surface area contributed by atoms with Crippen LogP contribution in [0, 0.1) is 0 Å². The van der Waals surface area contributed by atoms with Gasteiger partial charge in [0, 0.05) is 18.5 Å². The van der Waals surface area contributed by atoms with Crippen LogP contribution < -0.4 is 56.5 Å². The molecule has 6 heteroatoms. The minimum Gasteiger partial charge on any atom is -0.853 e. The molecule has 0 aromatic carbocycles. The van der Waals surface area contributed by atoms with E-state index < -0.39 is 16.1 Å². The van der Waals surface area contributed by atoms with E-state index in [0.717, 1.165) is 13.0 Å². The maximum absolute atomic E-state index is 10.1. The molecule has 0 rings (SSSR count). The van der Waals surface area contributed by atoms with Crippen LogP contribution >= 0.6 is 15.9 Å². The van der Waals surface area contributed by atoms with Gasteiger partial charge in [-0.05, 0) is 22.9 Å². The van der Waals surface area contributed by atoms with Crippen molar-refractivity contribution in [3.8, 4) is 0 Å². The first kappa shape index (κ1) is 35.1. The van der Waals surface area contributed by atoms with E-state index in [9.17, 15) is 5.11 Å². The van der Waals surface area contributed by atoms with E-state index in [2.05, 4.69) is 83.7 Å². The third kappa shape index (κ3) is 17.1. The van der Waals surface area contributed by atoms with Crippen molar-refractivity contribution in [1.82, 2.24) is 0 Å². The Labute approximate surface area is 231 Å². The van der Waals surface area contributed by atoms with Crippen molar-refractivity contribution < 1.29 is 61.2 Å². The normalized spacial score (nSPS) is 12.9. The SMILES string of the molecule is CC(C)(C)[Si](C)(C)CCCCBr.CC(C)(C)[Si](C)(C)CCCCOCC[O-].[K+]. The molecule has 0 saturated carbocycles. The molecule has 0 aliphatic carbocycles. The standard InChI is InChI=1S/C12H27O2Si.C10H23BrSi.K/c1-12(2,3)15(4,5)11-7-6-9-14-10-8-13;1-10(2,3)12(4,5)9-7-6-8-11;/h6-11H2,1-5H3;6-9H2,1-5H3;/q-1;;+1. The van der Waals surface area contributed by atoms with Crippen molar-refractivity contribution in [3.05, 3.63) is 0 Å². The summed E-state index contributed by atoms with van der Waals surface area (Å²) in [6.07, 6.45) is 5.09. The van der Waals surface area contributed by atoms with Gasteiger partial charge in [-0.3, -0.25) is 0 Å². The van der Waals surface area contributed by atoms with E-state index >= 15 is 0 Å². The Kier molecular flexibility index (Phi) is 21.3. The van der Waals surface area contributed by atoms with E-state index in [0.29, 0.717) is 16.7 Å². The number of hydrogen-bond donors (Lipinski definition) is 0.